The summed E-state index contributed by atoms with van der Waals surface area (Å²) in [5.74, 6) is 0.514. The third-order valence-corrected chi connectivity index (χ3v) is 6.98. The van der Waals surface area contributed by atoms with Crippen molar-refractivity contribution in [2.24, 2.45) is 5.92 Å². The van der Waals surface area contributed by atoms with Crippen LogP contribution in [0.3, 0.4) is 0 Å². The number of morpholine rings is 1. The number of ether oxygens (including phenoxy) is 2. The maximum absolute atomic E-state index is 12.8. The van der Waals surface area contributed by atoms with Crippen molar-refractivity contribution in [2.45, 2.75) is 50.4 Å². The monoisotopic (exact) mass is 385 g/mol. The first-order valence-corrected chi connectivity index (χ1v) is 11.3. The van der Waals surface area contributed by atoms with E-state index >= 15 is 0 Å². The smallest absolute Gasteiger partial charge is 0.227 e. The van der Waals surface area contributed by atoms with Crippen LogP contribution in [0.25, 0.3) is 0 Å². The maximum Gasteiger partial charge on any atom is 0.227 e. The molecule has 3 rings (SSSR count). The minimum absolute atomic E-state index is 0.0256. The Kier molecular flexibility index (Phi) is 7.08. The molecule has 8 heteroatoms. The summed E-state index contributed by atoms with van der Waals surface area (Å²) in [6.07, 6.45) is 7.87. The van der Waals surface area contributed by atoms with E-state index in [4.69, 9.17) is 9.47 Å². The fourth-order valence-corrected chi connectivity index (χ4v) is 5.17. The number of sulfone groups is 1. The van der Waals surface area contributed by atoms with E-state index < -0.39 is 9.84 Å². The van der Waals surface area contributed by atoms with Gasteiger partial charge in [0.15, 0.2) is 0 Å². The van der Waals surface area contributed by atoms with Gasteiger partial charge in [-0.15, -0.1) is 0 Å². The standard InChI is InChI=1S/C18H31N3O4S/c1-24-11-12-26(22,23)18-19-13-17(15-20-7-9-25-10-8-20)21(18)14-16-5-3-2-4-6-16/h13,16H,2-12,14-15H2,1H3. The Hall–Kier alpha value is -0.960. The van der Waals surface area contributed by atoms with Crippen molar-refractivity contribution in [2.75, 3.05) is 45.8 Å². The van der Waals surface area contributed by atoms with Crippen LogP contribution in [-0.2, 0) is 32.4 Å². The fourth-order valence-electron chi connectivity index (χ4n) is 3.86. The van der Waals surface area contributed by atoms with Crippen LogP contribution in [0, 0.1) is 5.92 Å². The Morgan fingerprint density at radius 1 is 1.23 bits per heavy atom. The number of imidazole rings is 1. The molecule has 2 heterocycles. The molecule has 7 nitrogen and oxygen atoms in total. The first-order chi connectivity index (χ1) is 12.6. The average Bonchev–Trinajstić information content (AvgIpc) is 3.05. The van der Waals surface area contributed by atoms with Gasteiger partial charge in [-0.3, -0.25) is 4.90 Å². The maximum atomic E-state index is 12.8. The van der Waals surface area contributed by atoms with Crippen molar-refractivity contribution < 1.29 is 17.9 Å². The molecule has 1 aromatic rings. The second kappa shape index (κ2) is 9.30. The van der Waals surface area contributed by atoms with Crippen molar-refractivity contribution >= 4 is 9.84 Å². The van der Waals surface area contributed by atoms with E-state index in [-0.39, 0.29) is 17.5 Å². The van der Waals surface area contributed by atoms with Crippen molar-refractivity contribution in [3.05, 3.63) is 11.9 Å². The van der Waals surface area contributed by atoms with E-state index in [2.05, 4.69) is 9.88 Å². The first-order valence-electron chi connectivity index (χ1n) is 9.66. The second-order valence-corrected chi connectivity index (χ2v) is 9.35. The summed E-state index contributed by atoms with van der Waals surface area (Å²) in [6, 6.07) is 0. The summed E-state index contributed by atoms with van der Waals surface area (Å²) in [5.41, 5.74) is 0.994. The van der Waals surface area contributed by atoms with E-state index in [1.165, 1.54) is 39.2 Å². The summed E-state index contributed by atoms with van der Waals surface area (Å²) in [5, 5.41) is 0.211. The van der Waals surface area contributed by atoms with E-state index in [1.807, 2.05) is 4.57 Å². The highest BCUT2D eigenvalue weighted by Gasteiger charge is 2.26. The Morgan fingerprint density at radius 3 is 2.65 bits per heavy atom. The summed E-state index contributed by atoms with van der Waals surface area (Å²) in [6.45, 7) is 4.88. The number of methoxy groups -OCH3 is 1. The number of nitrogens with zero attached hydrogens (tertiary/aromatic N) is 3. The molecule has 1 aliphatic carbocycles. The van der Waals surface area contributed by atoms with Gasteiger partial charge in [0.2, 0.25) is 15.0 Å². The van der Waals surface area contributed by atoms with Crippen molar-refractivity contribution in [3.8, 4) is 0 Å². The zero-order chi connectivity index (χ0) is 18.4. The molecule has 1 aromatic heterocycles. The highest BCUT2D eigenvalue weighted by molar-refractivity contribution is 7.91. The molecule has 0 bridgehead atoms. The number of hydrogen-bond donors (Lipinski definition) is 0. The zero-order valence-electron chi connectivity index (χ0n) is 15.7. The predicted molar refractivity (Wildman–Crippen MR) is 98.8 cm³/mol. The Bertz CT molecular complexity index is 662. The average molecular weight is 386 g/mol. The summed E-state index contributed by atoms with van der Waals surface area (Å²) >= 11 is 0. The van der Waals surface area contributed by atoms with Crippen LogP contribution >= 0.6 is 0 Å². The molecule has 0 N–H and O–H groups in total. The van der Waals surface area contributed by atoms with E-state index in [9.17, 15) is 8.42 Å². The lowest BCUT2D eigenvalue weighted by Gasteiger charge is -2.28. The lowest BCUT2D eigenvalue weighted by molar-refractivity contribution is 0.0329. The summed E-state index contributed by atoms with van der Waals surface area (Å²) in [7, 11) is -1.92. The number of rotatable bonds is 8. The normalized spacial score (nSPS) is 20.5. The third-order valence-electron chi connectivity index (χ3n) is 5.39. The second-order valence-electron chi connectivity index (χ2n) is 7.35. The van der Waals surface area contributed by atoms with E-state index in [0.29, 0.717) is 5.92 Å². The van der Waals surface area contributed by atoms with Gasteiger partial charge in [-0.1, -0.05) is 19.3 Å². The van der Waals surface area contributed by atoms with E-state index in [0.717, 1.165) is 45.1 Å². The van der Waals surface area contributed by atoms with Crippen molar-refractivity contribution in [1.82, 2.24) is 14.5 Å². The molecule has 0 atom stereocenters. The molecule has 148 valence electrons. The van der Waals surface area contributed by atoms with Gasteiger partial charge in [0.1, 0.15) is 0 Å². The molecule has 1 saturated heterocycles. The summed E-state index contributed by atoms with van der Waals surface area (Å²) in [4.78, 5) is 6.64. The zero-order valence-corrected chi connectivity index (χ0v) is 16.5. The predicted octanol–water partition coefficient (Wildman–Crippen LogP) is 1.72. The minimum Gasteiger partial charge on any atom is -0.384 e. The molecule has 26 heavy (non-hydrogen) atoms. The first kappa shape index (κ1) is 19.8. The molecule has 1 aliphatic heterocycles. The molecule has 0 amide bonds. The number of aromatic nitrogens is 2. The van der Waals surface area contributed by atoms with E-state index in [1.54, 1.807) is 6.20 Å². The lowest BCUT2D eigenvalue weighted by atomic mass is 9.89. The topological polar surface area (TPSA) is 73.7 Å². The molecule has 0 radical (unpaired) electrons. The van der Waals surface area contributed by atoms with Gasteiger partial charge >= 0.3 is 0 Å². The van der Waals surface area contributed by atoms with Crippen LogP contribution in [0.1, 0.15) is 37.8 Å². The molecule has 0 unspecified atom stereocenters. The largest absolute Gasteiger partial charge is 0.384 e. The highest BCUT2D eigenvalue weighted by Crippen LogP contribution is 2.27. The molecule has 0 spiro atoms. The Labute approximate surface area is 156 Å². The molecule has 2 aliphatic rings. The van der Waals surface area contributed by atoms with Gasteiger partial charge in [0.25, 0.3) is 0 Å². The number of hydrogen-bond acceptors (Lipinski definition) is 6. The van der Waals surface area contributed by atoms with Crippen LogP contribution in [0.5, 0.6) is 0 Å². The Balaban J connectivity index is 1.82. The summed E-state index contributed by atoms with van der Waals surface area (Å²) < 4.78 is 37.9. The van der Waals surface area contributed by atoms with Crippen LogP contribution < -0.4 is 0 Å². The molecule has 2 fully saturated rings. The van der Waals surface area contributed by atoms with Gasteiger partial charge in [-0.2, -0.15) is 0 Å². The van der Waals surface area contributed by atoms with Crippen LogP contribution in [0.2, 0.25) is 0 Å². The fraction of sp³-hybridized carbons (Fsp3) is 0.833. The molecular weight excluding hydrogens is 354 g/mol. The minimum atomic E-state index is -3.44. The van der Waals surface area contributed by atoms with Gasteiger partial charge in [-0.05, 0) is 18.8 Å². The van der Waals surface area contributed by atoms with Gasteiger partial charge in [0, 0.05) is 33.3 Å². The van der Waals surface area contributed by atoms with Gasteiger partial charge < -0.3 is 14.0 Å². The SMILES string of the molecule is COCCS(=O)(=O)c1ncc(CN2CCOCC2)n1CC1CCCCC1. The van der Waals surface area contributed by atoms with Crippen molar-refractivity contribution in [1.29, 1.82) is 0 Å². The van der Waals surface area contributed by atoms with Gasteiger partial charge in [-0.25, -0.2) is 13.4 Å². The Morgan fingerprint density at radius 2 is 1.96 bits per heavy atom. The molecule has 1 saturated carbocycles. The molecular formula is C18H31N3O4S. The molecule has 0 aromatic carbocycles. The van der Waals surface area contributed by atoms with Gasteiger partial charge in [0.05, 0.1) is 37.5 Å². The van der Waals surface area contributed by atoms with Crippen LogP contribution in [-0.4, -0.2) is 68.6 Å². The van der Waals surface area contributed by atoms with Crippen molar-refractivity contribution in [3.63, 3.8) is 0 Å². The van der Waals surface area contributed by atoms with Crippen LogP contribution in [0.15, 0.2) is 11.4 Å². The quantitative estimate of drug-likeness (QED) is 0.678. The van der Waals surface area contributed by atoms with Crippen LogP contribution in [0.4, 0.5) is 0 Å². The lowest BCUT2D eigenvalue weighted by Crippen LogP contribution is -2.36. The third kappa shape index (κ3) is 5.06. The highest BCUT2D eigenvalue weighted by atomic mass is 32.2.